The molecule has 0 aliphatic carbocycles. The molecule has 2 unspecified atom stereocenters. The summed E-state index contributed by atoms with van der Waals surface area (Å²) in [5.74, 6) is 0.860. The van der Waals surface area contributed by atoms with Gasteiger partial charge in [0.1, 0.15) is 11.5 Å². The van der Waals surface area contributed by atoms with E-state index in [0.29, 0.717) is 0 Å². The first-order chi connectivity index (χ1) is 7.14. The summed E-state index contributed by atoms with van der Waals surface area (Å²) < 4.78 is 11.1. The molecule has 0 spiro atoms. The van der Waals surface area contributed by atoms with Crippen LogP contribution in [0.5, 0.6) is 5.75 Å². The van der Waals surface area contributed by atoms with E-state index in [2.05, 4.69) is 12.2 Å². The van der Waals surface area contributed by atoms with Crippen LogP contribution in [0.1, 0.15) is 19.4 Å². The van der Waals surface area contributed by atoms with E-state index in [1.54, 1.807) is 7.11 Å². The maximum Gasteiger partial charge on any atom is 0.143 e. The summed E-state index contributed by atoms with van der Waals surface area (Å²) in [7, 11) is 1.67. The third-order valence-corrected chi connectivity index (χ3v) is 2.78. The Kier molecular flexibility index (Phi) is 2.67. The predicted octanol–water partition coefficient (Wildman–Crippen LogP) is 1.88. The summed E-state index contributed by atoms with van der Waals surface area (Å²) in [6.07, 6.45) is 0.251. The van der Waals surface area contributed by atoms with E-state index >= 15 is 0 Å². The number of nitrogens with one attached hydrogen (secondary N) is 1. The predicted molar refractivity (Wildman–Crippen MR) is 58.9 cm³/mol. The van der Waals surface area contributed by atoms with Gasteiger partial charge in [-0.05, 0) is 26.0 Å². The maximum absolute atomic E-state index is 5.87. The molecular weight excluding hydrogens is 190 g/mol. The first-order valence-corrected chi connectivity index (χ1v) is 5.21. The smallest absolute Gasteiger partial charge is 0.143 e. The molecule has 0 saturated carbocycles. The number of ether oxygens (including phenoxy) is 2. The van der Waals surface area contributed by atoms with Crippen LogP contribution in [0.2, 0.25) is 0 Å². The van der Waals surface area contributed by atoms with Gasteiger partial charge in [0.2, 0.25) is 0 Å². The molecule has 2 atom stereocenters. The van der Waals surface area contributed by atoms with Crippen molar-refractivity contribution in [2.75, 3.05) is 13.7 Å². The van der Waals surface area contributed by atoms with Crippen molar-refractivity contribution in [3.05, 3.63) is 29.8 Å². The van der Waals surface area contributed by atoms with Crippen LogP contribution in [0.25, 0.3) is 0 Å². The van der Waals surface area contributed by atoms with E-state index in [0.717, 1.165) is 17.9 Å². The van der Waals surface area contributed by atoms with Gasteiger partial charge in [0.05, 0.1) is 13.2 Å². The number of benzene rings is 1. The maximum atomic E-state index is 5.87. The lowest BCUT2D eigenvalue weighted by Gasteiger charge is -2.25. The third-order valence-electron chi connectivity index (χ3n) is 2.78. The minimum absolute atomic E-state index is 0.251. The van der Waals surface area contributed by atoms with Gasteiger partial charge in [-0.3, -0.25) is 5.32 Å². The SMILES string of the molecule is COc1cccc(C2(C)NCC(C)O2)c1. The van der Waals surface area contributed by atoms with E-state index in [1.807, 2.05) is 31.2 Å². The van der Waals surface area contributed by atoms with Gasteiger partial charge in [0.25, 0.3) is 0 Å². The van der Waals surface area contributed by atoms with Crippen LogP contribution in [-0.4, -0.2) is 19.8 Å². The average molecular weight is 207 g/mol. The first kappa shape index (κ1) is 10.5. The zero-order valence-electron chi connectivity index (χ0n) is 9.41. The molecule has 1 saturated heterocycles. The molecule has 0 aromatic heterocycles. The van der Waals surface area contributed by atoms with Crippen LogP contribution in [-0.2, 0) is 10.5 Å². The van der Waals surface area contributed by atoms with Crippen molar-refractivity contribution in [1.82, 2.24) is 5.32 Å². The minimum Gasteiger partial charge on any atom is -0.497 e. The van der Waals surface area contributed by atoms with Crippen LogP contribution in [0, 0.1) is 0 Å². The molecule has 1 fully saturated rings. The van der Waals surface area contributed by atoms with Crippen LogP contribution in [0.3, 0.4) is 0 Å². The van der Waals surface area contributed by atoms with Gasteiger partial charge < -0.3 is 9.47 Å². The highest BCUT2D eigenvalue weighted by Gasteiger charge is 2.35. The van der Waals surface area contributed by atoms with Crippen LogP contribution in [0.15, 0.2) is 24.3 Å². The Bertz CT molecular complexity index is 353. The van der Waals surface area contributed by atoms with Gasteiger partial charge >= 0.3 is 0 Å². The van der Waals surface area contributed by atoms with Crippen molar-refractivity contribution in [2.45, 2.75) is 25.7 Å². The average Bonchev–Trinajstić information content (AvgIpc) is 2.60. The summed E-state index contributed by atoms with van der Waals surface area (Å²) in [4.78, 5) is 0. The summed E-state index contributed by atoms with van der Waals surface area (Å²) in [6, 6.07) is 7.97. The highest BCUT2D eigenvalue weighted by molar-refractivity contribution is 5.32. The summed E-state index contributed by atoms with van der Waals surface area (Å²) in [6.45, 7) is 5.00. The van der Waals surface area contributed by atoms with Gasteiger partial charge in [0, 0.05) is 12.1 Å². The Balaban J connectivity index is 2.28. The zero-order chi connectivity index (χ0) is 10.9. The monoisotopic (exact) mass is 207 g/mol. The second-order valence-corrected chi connectivity index (χ2v) is 4.07. The Morgan fingerprint density at radius 2 is 2.33 bits per heavy atom. The Morgan fingerprint density at radius 1 is 1.53 bits per heavy atom. The van der Waals surface area contributed by atoms with Crippen molar-refractivity contribution in [1.29, 1.82) is 0 Å². The first-order valence-electron chi connectivity index (χ1n) is 5.21. The van der Waals surface area contributed by atoms with Crippen molar-refractivity contribution in [2.24, 2.45) is 0 Å². The van der Waals surface area contributed by atoms with Crippen LogP contribution in [0.4, 0.5) is 0 Å². The largest absolute Gasteiger partial charge is 0.497 e. The zero-order valence-corrected chi connectivity index (χ0v) is 9.41. The molecule has 0 bridgehead atoms. The minimum atomic E-state index is -0.381. The highest BCUT2D eigenvalue weighted by Crippen LogP contribution is 2.30. The second-order valence-electron chi connectivity index (χ2n) is 4.07. The second kappa shape index (κ2) is 3.83. The number of hydrogen-bond acceptors (Lipinski definition) is 3. The number of hydrogen-bond donors (Lipinski definition) is 1. The fourth-order valence-corrected chi connectivity index (χ4v) is 1.91. The molecule has 1 aromatic carbocycles. The van der Waals surface area contributed by atoms with Crippen molar-refractivity contribution < 1.29 is 9.47 Å². The number of methoxy groups -OCH3 is 1. The van der Waals surface area contributed by atoms with E-state index in [4.69, 9.17) is 9.47 Å². The van der Waals surface area contributed by atoms with Gasteiger partial charge in [0.15, 0.2) is 0 Å². The molecule has 1 heterocycles. The normalized spacial score (nSPS) is 30.5. The molecule has 1 aliphatic rings. The molecule has 1 N–H and O–H groups in total. The molecule has 15 heavy (non-hydrogen) atoms. The van der Waals surface area contributed by atoms with Gasteiger partial charge in [-0.15, -0.1) is 0 Å². The molecule has 0 amide bonds. The third kappa shape index (κ3) is 1.98. The molecule has 3 heteroatoms. The van der Waals surface area contributed by atoms with Crippen molar-refractivity contribution in [3.63, 3.8) is 0 Å². The van der Waals surface area contributed by atoms with Crippen molar-refractivity contribution in [3.8, 4) is 5.75 Å². The van der Waals surface area contributed by atoms with E-state index in [9.17, 15) is 0 Å². The Hall–Kier alpha value is -1.06. The Morgan fingerprint density at radius 3 is 2.93 bits per heavy atom. The lowest BCUT2D eigenvalue weighted by Crippen LogP contribution is -2.34. The molecule has 3 nitrogen and oxygen atoms in total. The summed E-state index contributed by atoms with van der Waals surface area (Å²) in [5.41, 5.74) is 0.722. The van der Waals surface area contributed by atoms with Crippen LogP contribution >= 0.6 is 0 Å². The molecular formula is C12H17NO2. The van der Waals surface area contributed by atoms with Gasteiger partial charge in [-0.25, -0.2) is 0 Å². The standard InChI is InChI=1S/C12H17NO2/c1-9-8-13-12(2,15-9)10-5-4-6-11(7-10)14-3/h4-7,9,13H,8H2,1-3H3. The van der Waals surface area contributed by atoms with E-state index in [-0.39, 0.29) is 11.8 Å². The fourth-order valence-electron chi connectivity index (χ4n) is 1.91. The summed E-state index contributed by atoms with van der Waals surface area (Å²) >= 11 is 0. The quantitative estimate of drug-likeness (QED) is 0.803. The highest BCUT2D eigenvalue weighted by atomic mass is 16.5. The molecule has 0 radical (unpaired) electrons. The molecule has 2 rings (SSSR count). The van der Waals surface area contributed by atoms with E-state index < -0.39 is 0 Å². The molecule has 82 valence electrons. The Labute approximate surface area is 90.4 Å². The van der Waals surface area contributed by atoms with Crippen LogP contribution < -0.4 is 10.1 Å². The fraction of sp³-hybridized carbons (Fsp3) is 0.500. The van der Waals surface area contributed by atoms with Gasteiger partial charge in [-0.2, -0.15) is 0 Å². The number of rotatable bonds is 2. The lowest BCUT2D eigenvalue weighted by molar-refractivity contribution is -0.0343. The van der Waals surface area contributed by atoms with E-state index in [1.165, 1.54) is 0 Å². The topological polar surface area (TPSA) is 30.5 Å². The molecule has 1 aromatic rings. The van der Waals surface area contributed by atoms with Gasteiger partial charge in [-0.1, -0.05) is 12.1 Å². The molecule has 1 aliphatic heterocycles. The van der Waals surface area contributed by atoms with Crippen molar-refractivity contribution >= 4 is 0 Å². The summed E-state index contributed by atoms with van der Waals surface area (Å²) in [5, 5.41) is 3.37. The lowest BCUT2D eigenvalue weighted by atomic mass is 10.1.